The van der Waals surface area contributed by atoms with Gasteiger partial charge in [-0.1, -0.05) is 148 Å². The fourth-order valence-corrected chi connectivity index (χ4v) is 6.87. The summed E-state index contributed by atoms with van der Waals surface area (Å²) >= 11 is 0. The molecular weight excluding hydrogens is 817 g/mol. The minimum Gasteiger partial charge on any atom is -0.491 e. The second kappa shape index (κ2) is 52.1. The smallest absolute Gasteiger partial charge is 0.305 e. The number of esters is 1. The molecule has 0 aliphatic heterocycles. The summed E-state index contributed by atoms with van der Waals surface area (Å²) in [5.74, 6) is 0.755. The molecule has 0 unspecified atom stereocenters. The van der Waals surface area contributed by atoms with Gasteiger partial charge in [0.15, 0.2) is 0 Å². The number of aryl methyl sites for hydroxylation is 1. The number of benzene rings is 1. The van der Waals surface area contributed by atoms with Crippen LogP contribution in [0.5, 0.6) is 5.75 Å². The molecule has 0 N–H and O–H groups in total. The van der Waals surface area contributed by atoms with Crippen LogP contribution in [-0.2, 0) is 58.6 Å². The Morgan fingerprint density at radius 2 is 0.609 bits per heavy atom. The van der Waals surface area contributed by atoms with Gasteiger partial charge in [-0.05, 0) is 37.0 Å². The number of carbonyl (C=O) groups excluding carboxylic acids is 1. The summed E-state index contributed by atoms with van der Waals surface area (Å²) < 4.78 is 60.9. The van der Waals surface area contributed by atoms with E-state index in [4.69, 9.17) is 52.1 Å². The van der Waals surface area contributed by atoms with E-state index in [2.05, 4.69) is 38.1 Å². The van der Waals surface area contributed by atoms with Crippen molar-refractivity contribution >= 4 is 5.97 Å². The fourth-order valence-electron chi connectivity index (χ4n) is 6.87. The molecule has 1 aromatic carbocycles. The van der Waals surface area contributed by atoms with Crippen molar-refractivity contribution in [2.24, 2.45) is 0 Å². The highest BCUT2D eigenvalue weighted by atomic mass is 16.6. The molecule has 0 saturated carbocycles. The maximum Gasteiger partial charge on any atom is 0.305 e. The van der Waals surface area contributed by atoms with Crippen LogP contribution in [-0.4, -0.2) is 138 Å². The van der Waals surface area contributed by atoms with Crippen LogP contribution in [0.25, 0.3) is 0 Å². The summed E-state index contributed by atoms with van der Waals surface area (Å²) in [6, 6.07) is 8.44. The van der Waals surface area contributed by atoms with Gasteiger partial charge >= 0.3 is 5.97 Å². The van der Waals surface area contributed by atoms with Gasteiger partial charge in [-0.15, -0.1) is 0 Å². The van der Waals surface area contributed by atoms with Gasteiger partial charge in [-0.25, -0.2) is 0 Å². The molecule has 0 fully saturated rings. The lowest BCUT2D eigenvalue weighted by Gasteiger charge is -2.09. The van der Waals surface area contributed by atoms with Gasteiger partial charge in [-0.2, -0.15) is 0 Å². The highest BCUT2D eigenvalue weighted by molar-refractivity contribution is 5.69. The van der Waals surface area contributed by atoms with Crippen LogP contribution in [0.1, 0.15) is 161 Å². The summed E-state index contributed by atoms with van der Waals surface area (Å²) in [6.45, 7) is 14.3. The van der Waals surface area contributed by atoms with Crippen molar-refractivity contribution in [2.75, 3.05) is 132 Å². The lowest BCUT2D eigenvalue weighted by Crippen LogP contribution is -2.15. The van der Waals surface area contributed by atoms with Crippen molar-refractivity contribution in [2.45, 2.75) is 162 Å². The average Bonchev–Trinajstić information content (AvgIpc) is 3.31. The third-order valence-electron chi connectivity index (χ3n) is 10.7. The predicted octanol–water partition coefficient (Wildman–Crippen LogP) is 10.9. The van der Waals surface area contributed by atoms with Crippen molar-refractivity contribution in [3.05, 3.63) is 29.8 Å². The molecule has 0 aliphatic rings. The number of rotatable bonds is 54. The highest BCUT2D eigenvalue weighted by Crippen LogP contribution is 2.16. The molecule has 12 heteroatoms. The summed E-state index contributed by atoms with van der Waals surface area (Å²) in [7, 11) is 0. The molecule has 0 aromatic heterocycles. The number of unbranched alkanes of at least 4 members (excludes halogenated alkanes) is 19. The number of carbonyl (C=O) groups is 1. The van der Waals surface area contributed by atoms with Crippen LogP contribution in [0, 0.1) is 0 Å². The number of hydrogen-bond acceptors (Lipinski definition) is 12. The molecule has 1 rings (SSSR count). The van der Waals surface area contributed by atoms with Gasteiger partial charge < -0.3 is 52.1 Å². The van der Waals surface area contributed by atoms with E-state index in [1.165, 1.54) is 128 Å². The summed E-state index contributed by atoms with van der Waals surface area (Å²) in [5.41, 5.74) is 1.38. The molecule has 0 amide bonds. The molecule has 0 spiro atoms. The predicted molar refractivity (Wildman–Crippen MR) is 257 cm³/mol. The fraction of sp³-hybridized carbons (Fsp3) is 0.865. The second-order valence-corrected chi connectivity index (χ2v) is 16.4. The first-order chi connectivity index (χ1) is 31.8. The molecule has 0 heterocycles. The van der Waals surface area contributed by atoms with Gasteiger partial charge in [0, 0.05) is 6.42 Å². The van der Waals surface area contributed by atoms with Gasteiger partial charge in [0.05, 0.1) is 119 Å². The van der Waals surface area contributed by atoms with Gasteiger partial charge in [-0.3, -0.25) is 4.79 Å². The van der Waals surface area contributed by atoms with Gasteiger partial charge in [0.25, 0.3) is 0 Å². The molecule has 64 heavy (non-hydrogen) atoms. The molecule has 0 bridgehead atoms. The lowest BCUT2D eigenvalue weighted by atomic mass is 10.0. The Balaban J connectivity index is 1.67. The Morgan fingerprint density at radius 3 is 0.953 bits per heavy atom. The third kappa shape index (κ3) is 46.7. The van der Waals surface area contributed by atoms with Crippen LogP contribution in [0.2, 0.25) is 0 Å². The van der Waals surface area contributed by atoms with Crippen LogP contribution >= 0.6 is 0 Å². The number of ether oxygens (including phenoxy) is 11. The first-order valence-corrected chi connectivity index (χ1v) is 25.8. The van der Waals surface area contributed by atoms with E-state index in [0.717, 1.165) is 25.0 Å². The van der Waals surface area contributed by atoms with Crippen molar-refractivity contribution < 1.29 is 56.9 Å². The Morgan fingerprint density at radius 1 is 0.328 bits per heavy atom. The van der Waals surface area contributed by atoms with E-state index < -0.39 is 0 Å². The van der Waals surface area contributed by atoms with E-state index in [1.54, 1.807) is 0 Å². The monoisotopic (exact) mass is 913 g/mol. The molecule has 12 nitrogen and oxygen atoms in total. The highest BCUT2D eigenvalue weighted by Gasteiger charge is 2.04. The first-order valence-electron chi connectivity index (χ1n) is 25.8. The molecule has 376 valence electrons. The van der Waals surface area contributed by atoms with Crippen molar-refractivity contribution in [1.29, 1.82) is 0 Å². The SMILES string of the molecule is CCCCCCCCCCCCCCCCCC(=O)OCCOCCOCCOCCOCCOCCOCCOCCOCCOCCOc1ccc(CCCCCCCC)cc1. The molecule has 0 radical (unpaired) electrons. The Hall–Kier alpha value is -1.87. The Labute approximate surface area is 391 Å². The quantitative estimate of drug-likeness (QED) is 0.0457. The van der Waals surface area contributed by atoms with Crippen molar-refractivity contribution in [3.8, 4) is 5.75 Å². The number of hydrogen-bond donors (Lipinski definition) is 0. The van der Waals surface area contributed by atoms with Gasteiger partial charge in [0.1, 0.15) is 19.0 Å². The van der Waals surface area contributed by atoms with Crippen LogP contribution in [0.3, 0.4) is 0 Å². The molecule has 1 aromatic rings. The Kier molecular flexibility index (Phi) is 49.0. The molecule has 0 saturated heterocycles. The second-order valence-electron chi connectivity index (χ2n) is 16.4. The largest absolute Gasteiger partial charge is 0.491 e. The topological polar surface area (TPSA) is 119 Å². The maximum atomic E-state index is 11.9. The lowest BCUT2D eigenvalue weighted by molar-refractivity contribution is -0.145. The van der Waals surface area contributed by atoms with E-state index in [1.807, 2.05) is 0 Å². The van der Waals surface area contributed by atoms with Crippen molar-refractivity contribution in [3.63, 3.8) is 0 Å². The summed E-state index contributed by atoms with van der Waals surface area (Å²) in [4.78, 5) is 11.9. The zero-order valence-corrected chi connectivity index (χ0v) is 41.1. The van der Waals surface area contributed by atoms with E-state index >= 15 is 0 Å². The van der Waals surface area contributed by atoms with E-state index in [-0.39, 0.29) is 12.6 Å². The summed E-state index contributed by atoms with van der Waals surface area (Å²) in [5, 5.41) is 0. The normalized spacial score (nSPS) is 11.5. The van der Waals surface area contributed by atoms with E-state index in [0.29, 0.717) is 132 Å². The van der Waals surface area contributed by atoms with E-state index in [9.17, 15) is 4.79 Å². The first kappa shape index (κ1) is 60.1. The Bertz CT molecular complexity index is 1050. The zero-order valence-electron chi connectivity index (χ0n) is 41.1. The van der Waals surface area contributed by atoms with Crippen LogP contribution in [0.15, 0.2) is 24.3 Å². The van der Waals surface area contributed by atoms with Crippen molar-refractivity contribution in [1.82, 2.24) is 0 Å². The van der Waals surface area contributed by atoms with Crippen LogP contribution in [0.4, 0.5) is 0 Å². The van der Waals surface area contributed by atoms with Gasteiger partial charge in [0.2, 0.25) is 0 Å². The minimum atomic E-state index is -0.129. The minimum absolute atomic E-state index is 0.129. The standard InChI is InChI=1S/C52H96O12/c1-3-5-7-9-11-12-13-14-15-16-17-18-19-21-23-25-52(53)64-49-47-62-45-43-60-41-39-58-37-35-56-33-31-54-30-32-55-34-36-57-38-40-59-42-44-61-46-48-63-51-28-26-50(27-29-51)24-22-20-10-8-6-4-2/h26-29H,3-25,30-49H2,1-2H3. The average molecular weight is 913 g/mol. The molecular formula is C52H96O12. The third-order valence-corrected chi connectivity index (χ3v) is 10.7. The summed E-state index contributed by atoms with van der Waals surface area (Å²) in [6.07, 6.45) is 29.3. The van der Waals surface area contributed by atoms with Crippen LogP contribution < -0.4 is 4.74 Å². The molecule has 0 atom stereocenters. The zero-order chi connectivity index (χ0) is 45.7. The molecule has 0 aliphatic carbocycles. The maximum absolute atomic E-state index is 11.9.